The van der Waals surface area contributed by atoms with Gasteiger partial charge in [0.1, 0.15) is 12.1 Å². The van der Waals surface area contributed by atoms with Crippen LogP contribution in [0.25, 0.3) is 0 Å². The average Bonchev–Trinajstić information content (AvgIpc) is 2.47. The van der Waals surface area contributed by atoms with Crippen LogP contribution in [0, 0.1) is 0 Å². The second-order valence-corrected chi connectivity index (χ2v) is 5.21. The van der Waals surface area contributed by atoms with Gasteiger partial charge in [-0.1, -0.05) is 0 Å². The molecule has 1 aliphatic heterocycles. The van der Waals surface area contributed by atoms with Gasteiger partial charge >= 0.3 is 0 Å². The molecule has 0 radical (unpaired) electrons. The number of nitrogens with one attached hydrogen (secondary N) is 4. The van der Waals surface area contributed by atoms with E-state index in [1.54, 1.807) is 0 Å². The van der Waals surface area contributed by atoms with Crippen molar-refractivity contribution in [3.8, 4) is 0 Å². The quantitative estimate of drug-likeness (QED) is 0.229. The summed E-state index contributed by atoms with van der Waals surface area (Å²) in [7, 11) is 0. The average molecular weight is 313 g/mol. The lowest BCUT2D eigenvalue weighted by atomic mass is 10.1. The third-order valence-electron chi connectivity index (χ3n) is 3.37. The highest BCUT2D eigenvalue weighted by Gasteiger charge is 2.26. The van der Waals surface area contributed by atoms with Gasteiger partial charge in [0.05, 0.1) is 0 Å². The number of hydrogen-bond donors (Lipinski definition) is 5. The number of hydrogen-bond acceptors (Lipinski definition) is 5. The van der Waals surface area contributed by atoms with E-state index in [9.17, 15) is 19.2 Å². The van der Waals surface area contributed by atoms with Crippen LogP contribution in [0.4, 0.5) is 0 Å². The van der Waals surface area contributed by atoms with Crippen LogP contribution in [0.15, 0.2) is 0 Å². The SMILES string of the molecule is CC(=O)N[C@H]1CCCCNC(=O)CC[C@@H](C(=O)NN)NC1=O. The van der Waals surface area contributed by atoms with Crippen molar-refractivity contribution in [2.24, 2.45) is 5.84 Å². The summed E-state index contributed by atoms with van der Waals surface area (Å²) in [6.07, 6.45) is 2.03. The standard InChI is InChI=1S/C13H23N5O4/c1-8(19)16-9-4-2-3-7-15-11(20)6-5-10(13(22)18-14)17-12(9)21/h9-10H,2-7,14H2,1H3,(H,15,20)(H,16,19)(H,17,21)(H,18,22)/t9-,10-/m0/s1. The van der Waals surface area contributed by atoms with E-state index in [0.29, 0.717) is 25.8 Å². The molecule has 1 aliphatic rings. The Morgan fingerprint density at radius 1 is 1.23 bits per heavy atom. The Labute approximate surface area is 128 Å². The van der Waals surface area contributed by atoms with Gasteiger partial charge in [0.15, 0.2) is 0 Å². The Morgan fingerprint density at radius 2 is 1.95 bits per heavy atom. The fourth-order valence-electron chi connectivity index (χ4n) is 2.22. The zero-order valence-corrected chi connectivity index (χ0v) is 12.6. The summed E-state index contributed by atoms with van der Waals surface area (Å²) in [5.41, 5.74) is 1.97. The first-order valence-electron chi connectivity index (χ1n) is 7.28. The van der Waals surface area contributed by atoms with Gasteiger partial charge < -0.3 is 16.0 Å². The van der Waals surface area contributed by atoms with Crippen LogP contribution >= 0.6 is 0 Å². The molecular formula is C13H23N5O4. The first-order chi connectivity index (χ1) is 10.4. The van der Waals surface area contributed by atoms with E-state index in [-0.39, 0.29) is 24.7 Å². The van der Waals surface area contributed by atoms with Gasteiger partial charge in [-0.3, -0.25) is 24.6 Å². The second kappa shape index (κ2) is 8.98. The van der Waals surface area contributed by atoms with E-state index < -0.39 is 23.9 Å². The van der Waals surface area contributed by atoms with Gasteiger partial charge in [0.2, 0.25) is 17.7 Å². The summed E-state index contributed by atoms with van der Waals surface area (Å²) < 4.78 is 0. The van der Waals surface area contributed by atoms with Crippen LogP contribution in [-0.4, -0.2) is 42.3 Å². The van der Waals surface area contributed by atoms with Crippen molar-refractivity contribution in [1.29, 1.82) is 0 Å². The molecule has 6 N–H and O–H groups in total. The molecule has 124 valence electrons. The van der Waals surface area contributed by atoms with Gasteiger partial charge in [-0.15, -0.1) is 0 Å². The van der Waals surface area contributed by atoms with Crippen LogP contribution in [0.1, 0.15) is 39.0 Å². The molecule has 9 heteroatoms. The number of rotatable bonds is 2. The fraction of sp³-hybridized carbons (Fsp3) is 0.692. The third kappa shape index (κ3) is 6.08. The van der Waals surface area contributed by atoms with Crippen molar-refractivity contribution < 1.29 is 19.2 Å². The highest BCUT2D eigenvalue weighted by Crippen LogP contribution is 2.06. The van der Waals surface area contributed by atoms with Gasteiger partial charge in [0.25, 0.3) is 5.91 Å². The molecule has 4 amide bonds. The number of hydrazine groups is 1. The zero-order valence-electron chi connectivity index (χ0n) is 12.6. The van der Waals surface area contributed by atoms with Crippen molar-refractivity contribution >= 4 is 23.6 Å². The minimum absolute atomic E-state index is 0.100. The van der Waals surface area contributed by atoms with E-state index in [0.717, 1.165) is 0 Å². The van der Waals surface area contributed by atoms with Crippen molar-refractivity contribution in [3.63, 3.8) is 0 Å². The molecule has 1 heterocycles. The fourth-order valence-corrected chi connectivity index (χ4v) is 2.22. The largest absolute Gasteiger partial charge is 0.356 e. The molecule has 0 spiro atoms. The molecule has 1 fully saturated rings. The number of carbonyl (C=O) groups is 4. The number of carbonyl (C=O) groups excluding carboxylic acids is 4. The van der Waals surface area contributed by atoms with Gasteiger partial charge in [0, 0.05) is 19.9 Å². The van der Waals surface area contributed by atoms with E-state index >= 15 is 0 Å². The van der Waals surface area contributed by atoms with Gasteiger partial charge in [-0.2, -0.15) is 0 Å². The lowest BCUT2D eigenvalue weighted by Crippen LogP contribution is -2.54. The Morgan fingerprint density at radius 3 is 2.59 bits per heavy atom. The minimum atomic E-state index is -0.918. The first-order valence-corrected chi connectivity index (χ1v) is 7.28. The molecule has 0 bridgehead atoms. The Balaban J connectivity index is 2.82. The second-order valence-electron chi connectivity index (χ2n) is 5.21. The summed E-state index contributed by atoms with van der Waals surface area (Å²) in [6.45, 7) is 1.83. The molecule has 0 aromatic carbocycles. The summed E-state index contributed by atoms with van der Waals surface area (Å²) in [5, 5.41) is 7.85. The molecule has 2 atom stereocenters. The smallest absolute Gasteiger partial charge is 0.256 e. The zero-order chi connectivity index (χ0) is 16.5. The molecule has 22 heavy (non-hydrogen) atoms. The monoisotopic (exact) mass is 313 g/mol. The third-order valence-corrected chi connectivity index (χ3v) is 3.37. The van der Waals surface area contributed by atoms with Crippen molar-refractivity contribution in [2.75, 3.05) is 6.54 Å². The Hall–Kier alpha value is -2.16. The molecule has 0 aromatic rings. The van der Waals surface area contributed by atoms with Crippen LogP contribution in [0.3, 0.4) is 0 Å². The Bertz CT molecular complexity index is 440. The van der Waals surface area contributed by atoms with E-state index in [4.69, 9.17) is 5.84 Å². The summed E-state index contributed by atoms with van der Waals surface area (Å²) in [4.78, 5) is 46.7. The summed E-state index contributed by atoms with van der Waals surface area (Å²) in [5.74, 6) is 3.56. The molecule has 0 aliphatic carbocycles. The predicted octanol–water partition coefficient (Wildman–Crippen LogP) is -1.95. The van der Waals surface area contributed by atoms with Gasteiger partial charge in [-0.05, 0) is 25.7 Å². The maximum absolute atomic E-state index is 12.2. The van der Waals surface area contributed by atoms with Crippen molar-refractivity contribution in [3.05, 3.63) is 0 Å². The number of nitrogens with two attached hydrogens (primary N) is 1. The van der Waals surface area contributed by atoms with E-state index in [1.165, 1.54) is 6.92 Å². The molecule has 0 saturated carbocycles. The molecular weight excluding hydrogens is 290 g/mol. The number of amides is 4. The normalized spacial score (nSPS) is 24.1. The van der Waals surface area contributed by atoms with Crippen molar-refractivity contribution in [1.82, 2.24) is 21.4 Å². The molecule has 1 saturated heterocycles. The molecule has 0 unspecified atom stereocenters. The predicted molar refractivity (Wildman–Crippen MR) is 78.0 cm³/mol. The lowest BCUT2D eigenvalue weighted by molar-refractivity contribution is -0.132. The van der Waals surface area contributed by atoms with Crippen LogP contribution in [-0.2, 0) is 19.2 Å². The van der Waals surface area contributed by atoms with E-state index in [1.807, 2.05) is 5.43 Å². The molecule has 1 rings (SSSR count). The summed E-state index contributed by atoms with van der Waals surface area (Å²) >= 11 is 0. The topological polar surface area (TPSA) is 142 Å². The van der Waals surface area contributed by atoms with Crippen LogP contribution in [0.5, 0.6) is 0 Å². The van der Waals surface area contributed by atoms with Crippen LogP contribution < -0.4 is 27.2 Å². The lowest BCUT2D eigenvalue weighted by Gasteiger charge is -2.23. The maximum atomic E-state index is 12.2. The van der Waals surface area contributed by atoms with Crippen molar-refractivity contribution in [2.45, 2.75) is 51.1 Å². The van der Waals surface area contributed by atoms with Crippen LogP contribution in [0.2, 0.25) is 0 Å². The maximum Gasteiger partial charge on any atom is 0.256 e. The molecule has 9 nitrogen and oxygen atoms in total. The minimum Gasteiger partial charge on any atom is -0.356 e. The Kier molecular flexibility index (Phi) is 7.30. The van der Waals surface area contributed by atoms with E-state index in [2.05, 4.69) is 16.0 Å². The first kappa shape index (κ1) is 17.9. The molecule has 0 aromatic heterocycles. The summed E-state index contributed by atoms with van der Waals surface area (Å²) in [6, 6.07) is -1.63. The highest BCUT2D eigenvalue weighted by molar-refractivity contribution is 5.91. The van der Waals surface area contributed by atoms with Gasteiger partial charge in [-0.25, -0.2) is 5.84 Å². The highest BCUT2D eigenvalue weighted by atomic mass is 16.2.